The summed E-state index contributed by atoms with van der Waals surface area (Å²) in [5.74, 6) is -0.429. The Labute approximate surface area is 92.0 Å². The van der Waals surface area contributed by atoms with Gasteiger partial charge in [0.15, 0.2) is 5.12 Å². The van der Waals surface area contributed by atoms with Gasteiger partial charge in [-0.3, -0.25) is 4.79 Å². The molecule has 1 heterocycles. The van der Waals surface area contributed by atoms with Gasteiger partial charge in [-0.2, -0.15) is 18.4 Å². The van der Waals surface area contributed by atoms with Crippen molar-refractivity contribution in [1.82, 2.24) is 4.37 Å². The minimum Gasteiger partial charge on any atom is -0.414 e. The van der Waals surface area contributed by atoms with E-state index in [1.54, 1.807) is 6.07 Å². The number of nitriles is 1. The molecule has 0 saturated carbocycles. The van der Waals surface area contributed by atoms with Crippen molar-refractivity contribution in [3.05, 3.63) is 5.56 Å². The normalized spacial score (nSPS) is 10.1. The molecule has 0 aliphatic heterocycles. The highest BCUT2D eigenvalue weighted by molar-refractivity contribution is 8.14. The Kier molecular flexibility index (Phi) is 3.99. The Bertz CT molecular complexity index is 414. The Morgan fingerprint density at radius 2 is 2.40 bits per heavy atom. The van der Waals surface area contributed by atoms with E-state index in [-0.39, 0.29) is 14.9 Å². The van der Waals surface area contributed by atoms with Crippen molar-refractivity contribution in [1.29, 1.82) is 5.26 Å². The lowest BCUT2D eigenvalue weighted by atomic mass is 10.4. The highest BCUT2D eigenvalue weighted by Crippen LogP contribution is 2.34. The summed E-state index contributed by atoms with van der Waals surface area (Å²) in [5, 5.41) is 8.43. The van der Waals surface area contributed by atoms with E-state index in [0.29, 0.717) is 0 Å². The monoisotopic (exact) mass is 250 g/mol. The molecule has 0 spiro atoms. The molecule has 1 rings (SSSR count). The average molecular weight is 250 g/mol. The first-order valence-corrected chi connectivity index (χ1v) is 5.16. The Morgan fingerprint density at radius 1 is 1.73 bits per heavy atom. The number of ether oxygens (including phenoxy) is 1. The first-order valence-electron chi connectivity index (χ1n) is 3.57. The molecule has 0 atom stereocenters. The van der Waals surface area contributed by atoms with Crippen molar-refractivity contribution in [2.45, 2.75) is 17.7 Å². The van der Waals surface area contributed by atoms with Crippen LogP contribution in [0.15, 0.2) is 4.21 Å². The van der Waals surface area contributed by atoms with Crippen molar-refractivity contribution in [3.63, 3.8) is 0 Å². The van der Waals surface area contributed by atoms with Gasteiger partial charge in [0.1, 0.15) is 15.8 Å². The fraction of sp³-hybridized carbons (Fsp3) is 0.286. The van der Waals surface area contributed by atoms with E-state index in [1.165, 1.54) is 6.92 Å². The first kappa shape index (κ1) is 11.9. The summed E-state index contributed by atoms with van der Waals surface area (Å²) in [6.45, 7) is -1.73. The van der Waals surface area contributed by atoms with E-state index in [9.17, 15) is 13.6 Å². The molecule has 15 heavy (non-hydrogen) atoms. The van der Waals surface area contributed by atoms with E-state index < -0.39 is 12.5 Å². The Morgan fingerprint density at radius 3 is 2.87 bits per heavy atom. The molecular weight excluding hydrogens is 246 g/mol. The van der Waals surface area contributed by atoms with Crippen LogP contribution in [0.3, 0.4) is 0 Å². The van der Waals surface area contributed by atoms with Gasteiger partial charge in [0.25, 0.3) is 0 Å². The minimum atomic E-state index is -3.03. The number of halogens is 2. The predicted molar refractivity (Wildman–Crippen MR) is 50.0 cm³/mol. The molecule has 0 fully saturated rings. The highest BCUT2D eigenvalue weighted by Gasteiger charge is 2.19. The van der Waals surface area contributed by atoms with Gasteiger partial charge in [-0.05, 0) is 23.3 Å². The third-order valence-corrected chi connectivity index (χ3v) is 2.96. The van der Waals surface area contributed by atoms with Crippen molar-refractivity contribution >= 4 is 28.4 Å². The van der Waals surface area contributed by atoms with Crippen LogP contribution < -0.4 is 4.74 Å². The largest absolute Gasteiger partial charge is 0.414 e. The second-order valence-electron chi connectivity index (χ2n) is 2.23. The number of carbonyl (C=O) groups is 1. The zero-order chi connectivity index (χ0) is 11.4. The summed E-state index contributed by atoms with van der Waals surface area (Å²) >= 11 is 1.55. The Balaban J connectivity index is 2.96. The number of nitrogens with zero attached hydrogens (tertiary/aromatic N) is 2. The lowest BCUT2D eigenvalue weighted by Gasteiger charge is -1.99. The maximum atomic E-state index is 11.9. The maximum Gasteiger partial charge on any atom is 0.388 e. The van der Waals surface area contributed by atoms with E-state index in [0.717, 1.165) is 23.3 Å². The first-order chi connectivity index (χ1) is 7.04. The van der Waals surface area contributed by atoms with Crippen LogP contribution in [0.4, 0.5) is 8.78 Å². The van der Waals surface area contributed by atoms with Crippen molar-refractivity contribution in [2.24, 2.45) is 0 Å². The van der Waals surface area contributed by atoms with Crippen molar-refractivity contribution < 1.29 is 18.3 Å². The molecule has 1 aromatic rings. The molecule has 0 radical (unpaired) electrons. The molecule has 0 amide bonds. The molecule has 0 aromatic carbocycles. The second kappa shape index (κ2) is 5.04. The van der Waals surface area contributed by atoms with E-state index in [1.807, 2.05) is 0 Å². The molecule has 1 aromatic heterocycles. The summed E-state index contributed by atoms with van der Waals surface area (Å²) in [7, 11) is 0. The van der Waals surface area contributed by atoms with Crippen LogP contribution in [0.25, 0.3) is 0 Å². The number of rotatable bonds is 3. The Hall–Kier alpha value is -1.20. The average Bonchev–Trinajstić information content (AvgIpc) is 2.45. The highest BCUT2D eigenvalue weighted by atomic mass is 32.2. The van der Waals surface area contributed by atoms with Crippen LogP contribution in [-0.4, -0.2) is 16.1 Å². The zero-order valence-corrected chi connectivity index (χ0v) is 8.99. The number of hydrogen-bond acceptors (Lipinski definition) is 6. The second-order valence-corrected chi connectivity index (χ2v) is 4.45. The molecule has 80 valence electrons. The number of alkyl halides is 2. The summed E-state index contributed by atoms with van der Waals surface area (Å²) in [4.78, 5) is 10.8. The van der Waals surface area contributed by atoms with Crippen LogP contribution in [-0.2, 0) is 4.79 Å². The fourth-order valence-corrected chi connectivity index (χ4v) is 2.35. The number of thioether (sulfide) groups is 1. The van der Waals surface area contributed by atoms with Crippen LogP contribution in [0.5, 0.6) is 5.88 Å². The molecule has 0 aliphatic rings. The van der Waals surface area contributed by atoms with E-state index in [4.69, 9.17) is 5.26 Å². The lowest BCUT2D eigenvalue weighted by molar-refractivity contribution is -0.109. The van der Waals surface area contributed by atoms with Crippen molar-refractivity contribution in [3.8, 4) is 11.9 Å². The molecule has 8 heteroatoms. The predicted octanol–water partition coefficient (Wildman–Crippen LogP) is 2.25. The van der Waals surface area contributed by atoms with Gasteiger partial charge in [0.2, 0.25) is 5.88 Å². The summed E-state index contributed by atoms with van der Waals surface area (Å²) < 4.78 is 31.5. The fourth-order valence-electron chi connectivity index (χ4n) is 0.720. The smallest absolute Gasteiger partial charge is 0.388 e. The quantitative estimate of drug-likeness (QED) is 0.770. The van der Waals surface area contributed by atoms with Crippen LogP contribution in [0.2, 0.25) is 0 Å². The summed E-state index contributed by atoms with van der Waals surface area (Å²) in [5.41, 5.74) is -0.125. The minimum absolute atomic E-state index is 0.125. The molecule has 0 bridgehead atoms. The van der Waals surface area contributed by atoms with Gasteiger partial charge in [-0.15, -0.1) is 0 Å². The van der Waals surface area contributed by atoms with Crippen LogP contribution in [0.1, 0.15) is 12.5 Å². The molecule has 0 unspecified atom stereocenters. The van der Waals surface area contributed by atoms with Gasteiger partial charge in [0.05, 0.1) is 0 Å². The van der Waals surface area contributed by atoms with Crippen molar-refractivity contribution in [2.75, 3.05) is 0 Å². The zero-order valence-electron chi connectivity index (χ0n) is 7.36. The van der Waals surface area contributed by atoms with E-state index >= 15 is 0 Å². The molecular formula is C7H4F2N2O2S2. The summed E-state index contributed by atoms with van der Waals surface area (Å²) in [6, 6.07) is 1.67. The van der Waals surface area contributed by atoms with Gasteiger partial charge >= 0.3 is 6.61 Å². The topological polar surface area (TPSA) is 63.0 Å². The van der Waals surface area contributed by atoms with E-state index in [2.05, 4.69) is 9.11 Å². The number of hydrogen-bond donors (Lipinski definition) is 0. The van der Waals surface area contributed by atoms with Crippen LogP contribution in [0, 0.1) is 11.3 Å². The third-order valence-electron chi connectivity index (χ3n) is 1.18. The van der Waals surface area contributed by atoms with Gasteiger partial charge < -0.3 is 4.74 Å². The SMILES string of the molecule is CC(=O)Sc1snc(OC(F)F)c1C#N. The standard InChI is InChI=1S/C7H4F2N2O2S2/c1-3(12)14-6-4(2-10)5(11-15-6)13-7(8)9/h7H,1H3. The summed E-state index contributed by atoms with van der Waals surface area (Å²) in [6.07, 6.45) is 0. The number of carbonyl (C=O) groups excluding carboxylic acids is 1. The molecule has 4 nitrogen and oxygen atoms in total. The molecule has 0 saturated heterocycles. The number of aromatic nitrogens is 1. The molecule has 0 N–H and O–H groups in total. The third kappa shape index (κ3) is 3.14. The lowest BCUT2D eigenvalue weighted by Crippen LogP contribution is -2.03. The van der Waals surface area contributed by atoms with Gasteiger partial charge in [0, 0.05) is 6.92 Å². The van der Waals surface area contributed by atoms with Gasteiger partial charge in [-0.25, -0.2) is 0 Å². The molecule has 0 aliphatic carbocycles. The maximum absolute atomic E-state index is 11.9. The van der Waals surface area contributed by atoms with Crippen LogP contribution >= 0.6 is 23.3 Å². The van der Waals surface area contributed by atoms with Gasteiger partial charge in [-0.1, -0.05) is 0 Å².